The smallest absolute Gasteiger partial charge is 0.264 e. The number of hydrogen-bond acceptors (Lipinski definition) is 4. The number of carbonyl (C=O) groups is 2. The number of benzene rings is 3. The van der Waals surface area contributed by atoms with Crippen LogP contribution in [-0.4, -0.2) is 43.8 Å². The molecule has 3 rings (SSSR count). The SMILES string of the molecule is CC[C@H](C)NC(=O)[C@H](CC)N(Cc1ccc(C)cc1)C(=O)CN(c1cccc(Cl)c1Cl)S(=O)(=O)c1ccc(C)cc1. The van der Waals surface area contributed by atoms with Crippen LogP contribution < -0.4 is 9.62 Å². The van der Waals surface area contributed by atoms with E-state index < -0.39 is 28.5 Å². The second kappa shape index (κ2) is 14.2. The Morgan fingerprint density at radius 3 is 2.02 bits per heavy atom. The van der Waals surface area contributed by atoms with Gasteiger partial charge in [0.2, 0.25) is 11.8 Å². The van der Waals surface area contributed by atoms with Crippen molar-refractivity contribution in [3.05, 3.63) is 93.5 Å². The van der Waals surface area contributed by atoms with Gasteiger partial charge in [-0.3, -0.25) is 13.9 Å². The summed E-state index contributed by atoms with van der Waals surface area (Å²) in [5.74, 6) is -0.848. The highest BCUT2D eigenvalue weighted by Gasteiger charge is 2.35. The molecule has 2 atom stereocenters. The standard InChI is InChI=1S/C31H37Cl2N3O4S/c1-6-23(5)34-31(38)27(7-2)35(19-24-15-11-21(3)12-16-24)29(37)20-36(28-10-8-9-26(32)30(28)33)41(39,40)25-17-13-22(4)14-18-25/h8-18,23,27H,6-7,19-20H2,1-5H3,(H,34,38)/t23-,27-/m0/s1. The van der Waals surface area contributed by atoms with Crippen LogP contribution in [0.2, 0.25) is 10.0 Å². The molecule has 7 nitrogen and oxygen atoms in total. The van der Waals surface area contributed by atoms with Crippen LogP contribution in [0.25, 0.3) is 0 Å². The number of aryl methyl sites for hydroxylation is 2. The molecule has 0 aliphatic rings. The Morgan fingerprint density at radius 2 is 1.46 bits per heavy atom. The first-order valence-electron chi connectivity index (χ1n) is 13.6. The summed E-state index contributed by atoms with van der Waals surface area (Å²) in [5, 5.41) is 3.12. The summed E-state index contributed by atoms with van der Waals surface area (Å²) in [6.45, 7) is 9.03. The van der Waals surface area contributed by atoms with Crippen molar-refractivity contribution in [3.8, 4) is 0 Å². The minimum atomic E-state index is -4.25. The van der Waals surface area contributed by atoms with Gasteiger partial charge in [-0.1, -0.05) is 90.6 Å². The minimum absolute atomic E-state index is 0.00131. The number of carbonyl (C=O) groups excluding carboxylic acids is 2. The molecule has 1 N–H and O–H groups in total. The Labute approximate surface area is 253 Å². The summed E-state index contributed by atoms with van der Waals surface area (Å²) in [5.41, 5.74) is 2.82. The van der Waals surface area contributed by atoms with Gasteiger partial charge in [0.25, 0.3) is 10.0 Å². The van der Waals surface area contributed by atoms with E-state index in [1.165, 1.54) is 23.1 Å². The van der Waals surface area contributed by atoms with Crippen molar-refractivity contribution in [2.75, 3.05) is 10.8 Å². The van der Waals surface area contributed by atoms with E-state index in [0.717, 1.165) is 27.4 Å². The molecular formula is C31H37Cl2N3O4S. The van der Waals surface area contributed by atoms with Gasteiger partial charge in [-0.15, -0.1) is 0 Å². The Kier molecular flexibility index (Phi) is 11.2. The van der Waals surface area contributed by atoms with Crippen molar-refractivity contribution in [2.45, 2.75) is 71.0 Å². The molecule has 0 heterocycles. The molecular weight excluding hydrogens is 581 g/mol. The van der Waals surface area contributed by atoms with E-state index in [9.17, 15) is 18.0 Å². The topological polar surface area (TPSA) is 86.8 Å². The lowest BCUT2D eigenvalue weighted by atomic mass is 10.1. The maximum atomic E-state index is 14.2. The van der Waals surface area contributed by atoms with Gasteiger partial charge in [0, 0.05) is 12.6 Å². The highest BCUT2D eigenvalue weighted by Crippen LogP contribution is 2.35. The molecule has 0 bridgehead atoms. The fourth-order valence-electron chi connectivity index (χ4n) is 4.29. The molecule has 41 heavy (non-hydrogen) atoms. The summed E-state index contributed by atoms with van der Waals surface area (Å²) in [7, 11) is -4.25. The summed E-state index contributed by atoms with van der Waals surface area (Å²) < 4.78 is 29.0. The number of amides is 2. The summed E-state index contributed by atoms with van der Waals surface area (Å²) >= 11 is 12.8. The van der Waals surface area contributed by atoms with Gasteiger partial charge in [0.15, 0.2) is 0 Å². The lowest BCUT2D eigenvalue weighted by Gasteiger charge is -2.34. The van der Waals surface area contributed by atoms with Gasteiger partial charge < -0.3 is 10.2 Å². The first-order valence-corrected chi connectivity index (χ1v) is 15.8. The maximum absolute atomic E-state index is 14.2. The molecule has 0 radical (unpaired) electrons. The Hall–Kier alpha value is -3.07. The van der Waals surface area contributed by atoms with Crippen molar-refractivity contribution in [1.82, 2.24) is 10.2 Å². The van der Waals surface area contributed by atoms with Crippen molar-refractivity contribution in [3.63, 3.8) is 0 Å². The van der Waals surface area contributed by atoms with Crippen molar-refractivity contribution >= 4 is 50.7 Å². The highest BCUT2D eigenvalue weighted by atomic mass is 35.5. The van der Waals surface area contributed by atoms with E-state index in [-0.39, 0.29) is 39.1 Å². The molecule has 2 amide bonds. The van der Waals surface area contributed by atoms with Gasteiger partial charge in [0.05, 0.1) is 20.6 Å². The third-order valence-corrected chi connectivity index (χ3v) is 9.53. The van der Waals surface area contributed by atoms with Crippen molar-refractivity contribution in [1.29, 1.82) is 0 Å². The number of sulfonamides is 1. The molecule has 0 aromatic heterocycles. The van der Waals surface area contributed by atoms with E-state index >= 15 is 0 Å². The van der Waals surface area contributed by atoms with Gasteiger partial charge in [0.1, 0.15) is 12.6 Å². The first-order chi connectivity index (χ1) is 19.4. The number of hydrogen-bond donors (Lipinski definition) is 1. The lowest BCUT2D eigenvalue weighted by molar-refractivity contribution is -0.140. The highest BCUT2D eigenvalue weighted by molar-refractivity contribution is 7.92. The van der Waals surface area contributed by atoms with Crippen LogP contribution in [0.4, 0.5) is 5.69 Å². The van der Waals surface area contributed by atoms with Crippen LogP contribution in [0.15, 0.2) is 71.6 Å². The Bertz CT molecular complexity index is 1460. The lowest BCUT2D eigenvalue weighted by Crippen LogP contribution is -2.53. The molecule has 3 aromatic rings. The number of nitrogens with one attached hydrogen (secondary N) is 1. The number of halogens is 2. The van der Waals surface area contributed by atoms with Crippen LogP contribution in [0.1, 0.15) is 50.3 Å². The zero-order valence-corrected chi connectivity index (χ0v) is 26.4. The molecule has 10 heteroatoms. The average Bonchev–Trinajstić information content (AvgIpc) is 2.94. The fraction of sp³-hybridized carbons (Fsp3) is 0.355. The quantitative estimate of drug-likeness (QED) is 0.250. The third kappa shape index (κ3) is 8.03. The number of rotatable bonds is 12. The summed E-state index contributed by atoms with van der Waals surface area (Å²) in [4.78, 5) is 29.0. The van der Waals surface area contributed by atoms with E-state index in [0.29, 0.717) is 6.42 Å². The summed E-state index contributed by atoms with van der Waals surface area (Å²) in [6.07, 6.45) is 1.06. The van der Waals surface area contributed by atoms with Crippen LogP contribution >= 0.6 is 23.2 Å². The van der Waals surface area contributed by atoms with E-state index in [4.69, 9.17) is 23.2 Å². The second-order valence-corrected chi connectivity index (χ2v) is 12.8. The largest absolute Gasteiger partial charge is 0.352 e. The van der Waals surface area contributed by atoms with Crippen LogP contribution in [0, 0.1) is 13.8 Å². The molecule has 0 unspecified atom stereocenters. The Morgan fingerprint density at radius 1 is 0.878 bits per heavy atom. The number of nitrogens with zero attached hydrogens (tertiary/aromatic N) is 2. The second-order valence-electron chi connectivity index (χ2n) is 10.1. The van der Waals surface area contributed by atoms with Crippen molar-refractivity contribution < 1.29 is 18.0 Å². The monoisotopic (exact) mass is 617 g/mol. The predicted octanol–water partition coefficient (Wildman–Crippen LogP) is 6.53. The molecule has 0 aliphatic heterocycles. The third-order valence-electron chi connectivity index (χ3n) is 6.95. The van der Waals surface area contributed by atoms with Crippen molar-refractivity contribution in [2.24, 2.45) is 0 Å². The fourth-order valence-corrected chi connectivity index (χ4v) is 6.16. The zero-order valence-electron chi connectivity index (χ0n) is 24.0. The molecule has 3 aromatic carbocycles. The maximum Gasteiger partial charge on any atom is 0.264 e. The first kappa shape index (κ1) is 32.4. The van der Waals surface area contributed by atoms with Crippen LogP contribution in [-0.2, 0) is 26.2 Å². The zero-order chi connectivity index (χ0) is 30.3. The van der Waals surface area contributed by atoms with Crippen LogP contribution in [0.3, 0.4) is 0 Å². The van der Waals surface area contributed by atoms with E-state index in [2.05, 4.69) is 5.32 Å². The summed E-state index contributed by atoms with van der Waals surface area (Å²) in [6, 6.07) is 17.7. The Balaban J connectivity index is 2.10. The molecule has 0 aliphatic carbocycles. The van der Waals surface area contributed by atoms with E-state index in [1.807, 2.05) is 58.9 Å². The normalized spacial score (nSPS) is 12.9. The molecule has 220 valence electrons. The van der Waals surface area contributed by atoms with Gasteiger partial charge in [-0.25, -0.2) is 8.42 Å². The average molecular weight is 619 g/mol. The molecule has 0 saturated heterocycles. The van der Waals surface area contributed by atoms with Gasteiger partial charge in [-0.2, -0.15) is 0 Å². The number of anilines is 1. The van der Waals surface area contributed by atoms with Crippen LogP contribution in [0.5, 0.6) is 0 Å². The molecule has 0 saturated carbocycles. The molecule has 0 spiro atoms. The predicted molar refractivity (Wildman–Crippen MR) is 166 cm³/mol. The minimum Gasteiger partial charge on any atom is -0.352 e. The van der Waals surface area contributed by atoms with Gasteiger partial charge in [-0.05, 0) is 63.4 Å². The van der Waals surface area contributed by atoms with Gasteiger partial charge >= 0.3 is 0 Å². The van der Waals surface area contributed by atoms with E-state index in [1.54, 1.807) is 24.3 Å². The molecule has 0 fully saturated rings.